The molecule has 0 heterocycles. The number of nitrogens with two attached hydrogens (primary N) is 1. The van der Waals surface area contributed by atoms with Crippen LogP contribution in [0.2, 0.25) is 0 Å². The van der Waals surface area contributed by atoms with Gasteiger partial charge in [0.2, 0.25) is 0 Å². The van der Waals surface area contributed by atoms with Crippen molar-refractivity contribution in [3.63, 3.8) is 0 Å². The Morgan fingerprint density at radius 1 is 1.47 bits per heavy atom. The largest absolute Gasteiger partial charge is 0.383 e. The first-order valence-electron chi connectivity index (χ1n) is 5.45. The number of ether oxygens (including phenoxy) is 1. The van der Waals surface area contributed by atoms with Crippen LogP contribution in [0.4, 0.5) is 0 Å². The van der Waals surface area contributed by atoms with E-state index in [2.05, 4.69) is 5.43 Å². The lowest BCUT2D eigenvalue weighted by atomic mass is 10.1. The number of carbonyl (C=O) groups excluding carboxylic acids is 1. The average molecular weight is 237 g/mol. The van der Waals surface area contributed by atoms with E-state index in [0.29, 0.717) is 13.2 Å². The lowest BCUT2D eigenvalue weighted by Crippen LogP contribution is -2.42. The third-order valence-electron chi connectivity index (χ3n) is 2.59. The van der Waals surface area contributed by atoms with Crippen LogP contribution in [-0.2, 0) is 9.53 Å². The summed E-state index contributed by atoms with van der Waals surface area (Å²) in [7, 11) is 3.50. The number of amides is 1. The summed E-state index contributed by atoms with van der Waals surface area (Å²) in [4.78, 5) is 13.7. The average Bonchev–Trinajstić information content (AvgIpc) is 2.37. The van der Waals surface area contributed by atoms with Crippen molar-refractivity contribution in [2.75, 3.05) is 27.3 Å². The molecule has 1 aromatic carbocycles. The Morgan fingerprint density at radius 3 is 2.65 bits per heavy atom. The molecule has 0 aliphatic heterocycles. The maximum atomic E-state index is 11.8. The second-order valence-electron chi connectivity index (χ2n) is 3.80. The Kier molecular flexibility index (Phi) is 5.62. The van der Waals surface area contributed by atoms with E-state index in [-0.39, 0.29) is 5.91 Å². The van der Waals surface area contributed by atoms with Gasteiger partial charge in [0.1, 0.15) is 6.04 Å². The van der Waals surface area contributed by atoms with Gasteiger partial charge in [0.05, 0.1) is 6.61 Å². The zero-order chi connectivity index (χ0) is 12.7. The summed E-state index contributed by atoms with van der Waals surface area (Å²) >= 11 is 0. The van der Waals surface area contributed by atoms with E-state index in [1.54, 1.807) is 7.11 Å². The van der Waals surface area contributed by atoms with Gasteiger partial charge in [-0.2, -0.15) is 0 Å². The summed E-state index contributed by atoms with van der Waals surface area (Å²) < 4.78 is 5.01. The van der Waals surface area contributed by atoms with Gasteiger partial charge < -0.3 is 4.74 Å². The highest BCUT2D eigenvalue weighted by molar-refractivity contribution is 5.82. The highest BCUT2D eigenvalue weighted by atomic mass is 16.5. The molecule has 0 saturated heterocycles. The van der Waals surface area contributed by atoms with Crippen LogP contribution in [0, 0.1) is 0 Å². The van der Waals surface area contributed by atoms with Gasteiger partial charge in [-0.3, -0.25) is 15.1 Å². The molecule has 94 valence electrons. The summed E-state index contributed by atoms with van der Waals surface area (Å²) in [6.45, 7) is 1.22. The van der Waals surface area contributed by atoms with Crippen LogP contribution in [0.15, 0.2) is 30.3 Å². The molecule has 5 heteroatoms. The number of likely N-dealkylation sites (N-methyl/N-ethyl adjacent to an activating group) is 1. The maximum Gasteiger partial charge on any atom is 0.255 e. The van der Waals surface area contributed by atoms with E-state index in [1.165, 1.54) is 0 Å². The number of nitrogens with zero attached hydrogens (tertiary/aromatic N) is 1. The molecule has 1 amide bonds. The fourth-order valence-corrected chi connectivity index (χ4v) is 1.68. The van der Waals surface area contributed by atoms with Crippen LogP contribution in [0.25, 0.3) is 0 Å². The first-order valence-corrected chi connectivity index (χ1v) is 5.45. The van der Waals surface area contributed by atoms with Crippen molar-refractivity contribution in [1.82, 2.24) is 10.3 Å². The van der Waals surface area contributed by atoms with Gasteiger partial charge in [-0.05, 0) is 12.6 Å². The topological polar surface area (TPSA) is 67.6 Å². The van der Waals surface area contributed by atoms with Gasteiger partial charge >= 0.3 is 0 Å². The first kappa shape index (κ1) is 13.6. The fraction of sp³-hybridized carbons (Fsp3) is 0.417. The molecule has 1 rings (SSSR count). The Bertz CT molecular complexity index is 343. The lowest BCUT2D eigenvalue weighted by molar-refractivity contribution is -0.126. The first-order chi connectivity index (χ1) is 8.20. The summed E-state index contributed by atoms with van der Waals surface area (Å²) in [6.07, 6.45) is 0. The molecular formula is C12H19N3O2. The fourth-order valence-electron chi connectivity index (χ4n) is 1.68. The minimum Gasteiger partial charge on any atom is -0.383 e. The summed E-state index contributed by atoms with van der Waals surface area (Å²) in [5.41, 5.74) is 3.11. The minimum atomic E-state index is -0.392. The summed E-state index contributed by atoms with van der Waals surface area (Å²) in [5, 5.41) is 0. The van der Waals surface area contributed by atoms with Gasteiger partial charge in [-0.25, -0.2) is 5.84 Å². The quantitative estimate of drug-likeness (QED) is 0.424. The molecule has 0 saturated carbocycles. The molecule has 0 aliphatic rings. The van der Waals surface area contributed by atoms with Crippen LogP contribution in [0.5, 0.6) is 0 Å². The number of hydrogen-bond donors (Lipinski definition) is 2. The number of nitrogens with one attached hydrogen (secondary N) is 1. The van der Waals surface area contributed by atoms with Crippen molar-refractivity contribution in [2.24, 2.45) is 5.84 Å². The Balaban J connectivity index is 2.84. The van der Waals surface area contributed by atoms with E-state index >= 15 is 0 Å². The molecule has 1 aromatic rings. The second-order valence-corrected chi connectivity index (χ2v) is 3.80. The van der Waals surface area contributed by atoms with Gasteiger partial charge in [0, 0.05) is 13.7 Å². The number of carbonyl (C=O) groups is 1. The van der Waals surface area contributed by atoms with Crippen LogP contribution in [-0.4, -0.2) is 38.1 Å². The molecule has 5 nitrogen and oxygen atoms in total. The number of hydrogen-bond acceptors (Lipinski definition) is 4. The summed E-state index contributed by atoms with van der Waals surface area (Å²) in [5.74, 6) is 4.99. The third kappa shape index (κ3) is 3.81. The van der Waals surface area contributed by atoms with Crippen molar-refractivity contribution in [3.8, 4) is 0 Å². The molecule has 1 unspecified atom stereocenters. The SMILES string of the molecule is COCCN(C)C(C(=O)NN)c1ccccc1. The predicted molar refractivity (Wildman–Crippen MR) is 66.0 cm³/mol. The van der Waals surface area contributed by atoms with Crippen molar-refractivity contribution in [3.05, 3.63) is 35.9 Å². The molecule has 0 aliphatic carbocycles. The molecule has 0 spiro atoms. The van der Waals surface area contributed by atoms with Crippen LogP contribution in [0.3, 0.4) is 0 Å². The smallest absolute Gasteiger partial charge is 0.255 e. The molecule has 0 bridgehead atoms. The van der Waals surface area contributed by atoms with E-state index in [4.69, 9.17) is 10.6 Å². The number of hydrazine groups is 1. The zero-order valence-electron chi connectivity index (χ0n) is 10.2. The molecule has 0 aromatic heterocycles. The molecule has 0 fully saturated rings. The van der Waals surface area contributed by atoms with Crippen molar-refractivity contribution in [2.45, 2.75) is 6.04 Å². The molecular weight excluding hydrogens is 218 g/mol. The number of rotatable bonds is 6. The summed E-state index contributed by atoms with van der Waals surface area (Å²) in [6, 6.07) is 9.13. The van der Waals surface area contributed by atoms with E-state index in [9.17, 15) is 4.79 Å². The predicted octanol–water partition coefficient (Wildman–Crippen LogP) is 0.296. The zero-order valence-corrected chi connectivity index (χ0v) is 10.2. The molecule has 17 heavy (non-hydrogen) atoms. The lowest BCUT2D eigenvalue weighted by Gasteiger charge is -2.26. The van der Waals surface area contributed by atoms with Gasteiger partial charge in [-0.15, -0.1) is 0 Å². The second kappa shape index (κ2) is 7.01. The minimum absolute atomic E-state index is 0.227. The van der Waals surface area contributed by atoms with Crippen LogP contribution in [0.1, 0.15) is 11.6 Å². The molecule has 0 radical (unpaired) electrons. The Morgan fingerprint density at radius 2 is 2.12 bits per heavy atom. The highest BCUT2D eigenvalue weighted by Crippen LogP contribution is 2.18. The van der Waals surface area contributed by atoms with Crippen LogP contribution < -0.4 is 11.3 Å². The number of benzene rings is 1. The molecule has 3 N–H and O–H groups in total. The monoisotopic (exact) mass is 237 g/mol. The number of methoxy groups -OCH3 is 1. The van der Waals surface area contributed by atoms with Crippen molar-refractivity contribution >= 4 is 5.91 Å². The van der Waals surface area contributed by atoms with Crippen molar-refractivity contribution < 1.29 is 9.53 Å². The standard InChI is InChI=1S/C12H19N3O2/c1-15(8-9-17-2)11(12(16)14-13)10-6-4-3-5-7-10/h3-7,11H,8-9,13H2,1-2H3,(H,14,16). The van der Waals surface area contributed by atoms with Crippen molar-refractivity contribution in [1.29, 1.82) is 0 Å². The normalized spacial score (nSPS) is 12.5. The molecule has 1 atom stereocenters. The Labute approximate surface area is 102 Å². The highest BCUT2D eigenvalue weighted by Gasteiger charge is 2.23. The van der Waals surface area contributed by atoms with E-state index < -0.39 is 6.04 Å². The third-order valence-corrected chi connectivity index (χ3v) is 2.59. The van der Waals surface area contributed by atoms with E-state index in [1.807, 2.05) is 42.3 Å². The maximum absolute atomic E-state index is 11.8. The van der Waals surface area contributed by atoms with Gasteiger partial charge in [0.15, 0.2) is 0 Å². The van der Waals surface area contributed by atoms with Gasteiger partial charge in [-0.1, -0.05) is 30.3 Å². The van der Waals surface area contributed by atoms with E-state index in [0.717, 1.165) is 5.56 Å². The van der Waals surface area contributed by atoms with Crippen LogP contribution >= 0.6 is 0 Å². The Hall–Kier alpha value is -1.43. The van der Waals surface area contributed by atoms with Gasteiger partial charge in [0.25, 0.3) is 5.91 Å².